The number of aryl methyl sites for hydroxylation is 2. The van der Waals surface area contributed by atoms with Crippen LogP contribution in [0.4, 0.5) is 22.0 Å². The Morgan fingerprint density at radius 3 is 0.991 bits per heavy atom. The third-order valence-corrected chi connectivity index (χ3v) is 26.9. The van der Waals surface area contributed by atoms with Crippen molar-refractivity contribution < 1.29 is 82.3 Å². The number of hydrogen-bond acceptors (Lipinski definition) is 8. The normalized spacial score (nSPS) is 17.9. The van der Waals surface area contributed by atoms with Crippen molar-refractivity contribution in [3.05, 3.63) is 247 Å². The molecule has 0 radical (unpaired) electrons. The fourth-order valence-electron chi connectivity index (χ4n) is 13.4. The molecule has 4 bridgehead atoms. The average Bonchev–Trinajstić information content (AvgIpc) is 0.738. The van der Waals surface area contributed by atoms with Crippen LogP contribution in [0.5, 0.6) is 0 Å². The van der Waals surface area contributed by atoms with E-state index in [-0.39, 0.29) is 89.1 Å². The molecular formula is C93H117F5IO8S2+. The Kier molecular flexibility index (Phi) is 32.6. The number of hydrogen-bond donors (Lipinski definition) is 1. The fraction of sp³-hybridized carbons (Fsp3) is 0.452. The molecule has 109 heavy (non-hydrogen) atoms. The van der Waals surface area contributed by atoms with Gasteiger partial charge in [-0.2, -0.15) is 13.2 Å². The summed E-state index contributed by atoms with van der Waals surface area (Å²) in [5.41, 5.74) is 5.22. The summed E-state index contributed by atoms with van der Waals surface area (Å²) in [4.78, 5) is 40.5. The lowest BCUT2D eigenvalue weighted by Gasteiger charge is -2.55. The molecule has 4 fully saturated rings. The molecule has 0 heterocycles. The van der Waals surface area contributed by atoms with E-state index in [1.165, 1.54) is 89.2 Å². The topological polar surface area (TPSA) is 136 Å². The number of carbonyl (C=O) groups excluding carboxylic acids is 3. The van der Waals surface area contributed by atoms with Crippen LogP contribution in [-0.2, 0) is 67.3 Å². The SMILES string of the molecule is CC(C)(C)c1ccc([I+]c2ccc(C(C)(C)C)cc2)cc1.CC(C)(C)c1ccc([S+](c2ccccc2)c2ccccc2)cc1.CC(O)(C(=O)[O-])C(F)(F)F.CC(OCC(C)(F)F)C(=O)[O-].CCC(OC(=O)C12CC3CC(CC(C3)C1)C2)C(C)C.Cc1ccc([S+](c2ccc(C)cc2)c2ccc(C(C)(C)C)cc2)cc1. The van der Waals surface area contributed by atoms with Gasteiger partial charge in [0.2, 0.25) is 0 Å². The summed E-state index contributed by atoms with van der Waals surface area (Å²) >= 11 is -0.0703. The first-order valence-electron chi connectivity index (χ1n) is 37.8. The summed E-state index contributed by atoms with van der Waals surface area (Å²) < 4.78 is 71.4. The van der Waals surface area contributed by atoms with Crippen LogP contribution in [0, 0.1) is 50.1 Å². The zero-order valence-corrected chi connectivity index (χ0v) is 71.4. The first-order chi connectivity index (χ1) is 50.6. The number of ether oxygens (including phenoxy) is 2. The van der Waals surface area contributed by atoms with Gasteiger partial charge in [0.25, 0.3) is 5.92 Å². The van der Waals surface area contributed by atoms with E-state index < -0.39 is 42.3 Å². The van der Waals surface area contributed by atoms with Crippen LogP contribution in [0.2, 0.25) is 0 Å². The van der Waals surface area contributed by atoms with Crippen LogP contribution < -0.4 is 31.4 Å². The van der Waals surface area contributed by atoms with Gasteiger partial charge in [0, 0.05) is 6.92 Å². The summed E-state index contributed by atoms with van der Waals surface area (Å²) in [6, 6.07) is 76.3. The van der Waals surface area contributed by atoms with Crippen LogP contribution in [0.25, 0.3) is 0 Å². The van der Waals surface area contributed by atoms with Crippen molar-refractivity contribution in [3.8, 4) is 0 Å². The van der Waals surface area contributed by atoms with Gasteiger partial charge >= 0.3 is 33.4 Å². The zero-order valence-electron chi connectivity index (χ0n) is 67.6. The maximum Gasteiger partial charge on any atom is 0.422 e. The van der Waals surface area contributed by atoms with E-state index in [1.807, 2.05) is 0 Å². The maximum absolute atomic E-state index is 12.7. The number of benzene rings is 8. The highest BCUT2D eigenvalue weighted by Gasteiger charge is 2.56. The average molecular weight is 1650 g/mol. The molecule has 0 aliphatic heterocycles. The number of rotatable bonds is 17. The molecule has 0 saturated heterocycles. The van der Waals surface area contributed by atoms with Gasteiger partial charge in [0.1, 0.15) is 12.7 Å². The Balaban J connectivity index is 0.000000210. The number of carboxylic acid groups (broad SMARTS) is 2. The van der Waals surface area contributed by atoms with Gasteiger partial charge in [-0.15, -0.1) is 0 Å². The molecule has 16 heteroatoms. The first kappa shape index (κ1) is 91.1. The molecule has 12 rings (SSSR count). The standard InChI is InChI=1S/C24H27S.C22H23S.C20H26I.C17H28O2.C6H10F2O3.C4H5F3O3/c1-18-6-12-21(13-7-18)25(22-14-8-19(2)9-15-22)23-16-10-20(11-17-23)24(3,4)5;1-22(2,3)18-14-16-21(17-15-18)23(19-10-6-4-7-11-19)20-12-8-5-9-13-20;1-19(2,3)15-7-11-17(12-8-15)21-18-13-9-16(10-14-18)20(4,5)6;1-4-15(11(2)3)19-16(18)17-8-12-5-13(9-17)7-14(6-12)10-17;1-4(5(9)10)11-3-6(2,7)8;1-3(10,2(8)9)4(5,6)7/h6-17H,1-5H3;4-17H,1-3H3;7-14H,1-6H3;11-15H,4-10H2,1-3H3;4H,3H2,1-2H3,(H,9,10);10H,1H3,(H,8,9)/q3*+1;;;/p-2. The lowest BCUT2D eigenvalue weighted by atomic mass is 9.49. The Hall–Kier alpha value is -6.83. The fourth-order valence-corrected chi connectivity index (χ4v) is 19.7. The van der Waals surface area contributed by atoms with Gasteiger partial charge in [0.15, 0.2) is 42.1 Å². The van der Waals surface area contributed by atoms with E-state index >= 15 is 0 Å². The second kappa shape index (κ2) is 39.1. The highest BCUT2D eigenvalue weighted by molar-refractivity contribution is 7.97. The molecule has 4 aliphatic rings. The van der Waals surface area contributed by atoms with Crippen molar-refractivity contribution in [1.82, 2.24) is 0 Å². The van der Waals surface area contributed by atoms with Crippen molar-refractivity contribution in [1.29, 1.82) is 0 Å². The predicted octanol–water partition coefficient (Wildman–Crippen LogP) is 18.2. The van der Waals surface area contributed by atoms with Gasteiger partial charge in [-0.3, -0.25) is 4.79 Å². The predicted molar refractivity (Wildman–Crippen MR) is 426 cm³/mol. The number of alkyl halides is 5. The van der Waals surface area contributed by atoms with Gasteiger partial charge in [-0.1, -0.05) is 224 Å². The molecule has 4 aliphatic carbocycles. The third-order valence-electron chi connectivity index (χ3n) is 19.8. The number of carbonyl (C=O) groups is 3. The molecule has 8 nitrogen and oxygen atoms in total. The van der Waals surface area contributed by atoms with E-state index in [0.717, 1.165) is 50.4 Å². The Morgan fingerprint density at radius 2 is 0.752 bits per heavy atom. The van der Waals surface area contributed by atoms with Crippen LogP contribution >= 0.6 is 0 Å². The molecule has 0 amide bonds. The van der Waals surface area contributed by atoms with Gasteiger partial charge in [0.05, 0.1) is 45.2 Å². The molecule has 4 saturated carbocycles. The van der Waals surface area contributed by atoms with E-state index in [0.29, 0.717) is 12.8 Å². The molecular weight excluding hydrogens is 1530 g/mol. The monoisotopic (exact) mass is 1650 g/mol. The van der Waals surface area contributed by atoms with Crippen molar-refractivity contribution in [3.63, 3.8) is 0 Å². The van der Waals surface area contributed by atoms with Crippen LogP contribution in [-0.4, -0.2) is 59.5 Å². The first-order valence-corrected chi connectivity index (χ1v) is 42.4. The lowest BCUT2D eigenvalue weighted by Crippen LogP contribution is -3.61. The lowest BCUT2D eigenvalue weighted by molar-refractivity contribution is -0.597. The molecule has 3 atom stereocenters. The highest BCUT2D eigenvalue weighted by Crippen LogP contribution is 2.60. The molecule has 3 unspecified atom stereocenters. The van der Waals surface area contributed by atoms with Gasteiger partial charge < -0.3 is 34.4 Å². The number of halogens is 6. The Bertz CT molecular complexity index is 3920. The second-order valence-corrected chi connectivity index (χ2v) is 41.1. The Labute approximate surface area is 664 Å². The zero-order chi connectivity index (χ0) is 81.3. The molecule has 0 aromatic heterocycles. The quantitative estimate of drug-likeness (QED) is 0.0412. The summed E-state index contributed by atoms with van der Waals surface area (Å²) in [5, 5.41) is 27.7. The van der Waals surface area contributed by atoms with E-state index in [2.05, 4.69) is 329 Å². The molecule has 8 aromatic rings. The number of esters is 1. The number of carboxylic acids is 2. The summed E-state index contributed by atoms with van der Waals surface area (Å²) in [6.45, 7) is 38.9. The van der Waals surface area contributed by atoms with Gasteiger partial charge in [-0.05, 0) is 237 Å². The van der Waals surface area contributed by atoms with Crippen molar-refractivity contribution in [2.75, 3.05) is 6.61 Å². The largest absolute Gasteiger partial charge is 0.547 e. The van der Waals surface area contributed by atoms with Crippen molar-refractivity contribution in [2.24, 2.45) is 29.1 Å². The number of aliphatic carboxylic acids is 2. The van der Waals surface area contributed by atoms with Crippen LogP contribution in [0.3, 0.4) is 0 Å². The van der Waals surface area contributed by atoms with Crippen molar-refractivity contribution >= 4 is 39.7 Å². The molecule has 8 aromatic carbocycles. The van der Waals surface area contributed by atoms with Gasteiger partial charge in [-0.25, -0.2) is 8.78 Å². The Morgan fingerprint density at radius 1 is 0.468 bits per heavy atom. The van der Waals surface area contributed by atoms with E-state index in [9.17, 15) is 46.5 Å². The second-order valence-electron chi connectivity index (χ2n) is 34.0. The smallest absolute Gasteiger partial charge is 0.422 e. The molecule has 590 valence electrons. The van der Waals surface area contributed by atoms with E-state index in [1.54, 1.807) is 0 Å². The summed E-state index contributed by atoms with van der Waals surface area (Å²) in [6.07, 6.45) is 2.07. The van der Waals surface area contributed by atoms with E-state index in [4.69, 9.17) is 9.84 Å². The minimum atomic E-state index is -5.19. The number of aliphatic hydroxyl groups is 1. The molecule has 1 N–H and O–H groups in total. The third kappa shape index (κ3) is 27.8. The highest BCUT2D eigenvalue weighted by atomic mass is 127. The summed E-state index contributed by atoms with van der Waals surface area (Å²) in [7, 11) is -0.116. The van der Waals surface area contributed by atoms with Crippen LogP contribution in [0.1, 0.15) is 203 Å². The van der Waals surface area contributed by atoms with Crippen LogP contribution in [0.15, 0.2) is 236 Å². The maximum atomic E-state index is 12.7. The van der Waals surface area contributed by atoms with Crippen molar-refractivity contribution in [2.45, 2.75) is 264 Å². The summed E-state index contributed by atoms with van der Waals surface area (Å²) in [5.74, 6) is -4.01. The minimum Gasteiger partial charge on any atom is -0.547 e. The molecule has 0 spiro atoms. The minimum absolute atomic E-state index is 0.0497.